The average molecular weight is 278 g/mol. The number of benzene rings is 1. The highest BCUT2D eigenvalue weighted by Gasteiger charge is 2.08. The maximum Gasteiger partial charge on any atom is 0.119 e. The van der Waals surface area contributed by atoms with Gasteiger partial charge in [-0.15, -0.1) is 0 Å². The number of nitrogens with one attached hydrogen (secondary N) is 1. The van der Waals surface area contributed by atoms with E-state index in [4.69, 9.17) is 4.74 Å². The summed E-state index contributed by atoms with van der Waals surface area (Å²) in [5.74, 6) is 0.977. The van der Waals surface area contributed by atoms with Crippen LogP contribution in [0.2, 0.25) is 0 Å². The van der Waals surface area contributed by atoms with Crippen molar-refractivity contribution in [3.05, 3.63) is 29.8 Å². The zero-order valence-corrected chi connectivity index (χ0v) is 13.7. The highest BCUT2D eigenvalue weighted by Crippen LogP contribution is 2.14. The SMILES string of the molecule is CCCOc1cccc(CN(C)CCNC(C)(C)C)c1. The predicted molar refractivity (Wildman–Crippen MR) is 86.3 cm³/mol. The third-order valence-electron chi connectivity index (χ3n) is 2.97. The van der Waals surface area contributed by atoms with Crippen molar-refractivity contribution in [2.45, 2.75) is 46.2 Å². The van der Waals surface area contributed by atoms with E-state index in [9.17, 15) is 0 Å². The Bertz CT molecular complexity index is 385. The summed E-state index contributed by atoms with van der Waals surface area (Å²) >= 11 is 0. The first-order chi connectivity index (χ1) is 9.40. The fraction of sp³-hybridized carbons (Fsp3) is 0.647. The Morgan fingerprint density at radius 1 is 1.25 bits per heavy atom. The zero-order chi connectivity index (χ0) is 15.0. The number of nitrogens with zero attached hydrogens (tertiary/aromatic N) is 1. The van der Waals surface area contributed by atoms with E-state index in [0.717, 1.165) is 38.4 Å². The van der Waals surface area contributed by atoms with Crippen LogP contribution in [0.3, 0.4) is 0 Å². The molecule has 0 aromatic heterocycles. The van der Waals surface area contributed by atoms with Gasteiger partial charge in [-0.2, -0.15) is 0 Å². The number of ether oxygens (including phenoxy) is 1. The summed E-state index contributed by atoms with van der Waals surface area (Å²) in [4.78, 5) is 2.33. The highest BCUT2D eigenvalue weighted by molar-refractivity contribution is 5.28. The van der Waals surface area contributed by atoms with Gasteiger partial charge in [-0.3, -0.25) is 0 Å². The van der Waals surface area contributed by atoms with Crippen LogP contribution in [0.25, 0.3) is 0 Å². The van der Waals surface area contributed by atoms with Crippen LogP contribution >= 0.6 is 0 Å². The molecule has 1 N–H and O–H groups in total. The lowest BCUT2D eigenvalue weighted by molar-refractivity contribution is 0.300. The van der Waals surface area contributed by atoms with E-state index >= 15 is 0 Å². The number of likely N-dealkylation sites (N-methyl/N-ethyl adjacent to an activating group) is 1. The largest absolute Gasteiger partial charge is 0.494 e. The topological polar surface area (TPSA) is 24.5 Å². The Hall–Kier alpha value is -1.06. The van der Waals surface area contributed by atoms with Crippen molar-refractivity contribution in [1.29, 1.82) is 0 Å². The van der Waals surface area contributed by atoms with Crippen LogP contribution in [0.4, 0.5) is 0 Å². The van der Waals surface area contributed by atoms with E-state index in [2.05, 4.69) is 63.2 Å². The molecule has 0 spiro atoms. The minimum atomic E-state index is 0.189. The molecule has 0 aliphatic heterocycles. The lowest BCUT2D eigenvalue weighted by Crippen LogP contribution is -2.40. The molecule has 0 atom stereocenters. The Morgan fingerprint density at radius 3 is 2.65 bits per heavy atom. The molecule has 1 aromatic carbocycles. The van der Waals surface area contributed by atoms with Gasteiger partial charge in [-0.1, -0.05) is 19.1 Å². The Balaban J connectivity index is 2.39. The Morgan fingerprint density at radius 2 is 2.00 bits per heavy atom. The van der Waals surface area contributed by atoms with Crippen LogP contribution < -0.4 is 10.1 Å². The first-order valence-electron chi connectivity index (χ1n) is 7.56. The molecule has 0 radical (unpaired) electrons. The van der Waals surface area contributed by atoms with Gasteiger partial charge >= 0.3 is 0 Å². The molecular formula is C17H30N2O. The van der Waals surface area contributed by atoms with Gasteiger partial charge in [0.05, 0.1) is 6.61 Å². The van der Waals surface area contributed by atoms with Crippen molar-refractivity contribution < 1.29 is 4.74 Å². The predicted octanol–water partition coefficient (Wildman–Crippen LogP) is 3.30. The number of hydrogen-bond donors (Lipinski definition) is 1. The maximum atomic E-state index is 5.67. The summed E-state index contributed by atoms with van der Waals surface area (Å²) in [5, 5.41) is 3.51. The van der Waals surface area contributed by atoms with Gasteiger partial charge in [0.25, 0.3) is 0 Å². The minimum absolute atomic E-state index is 0.189. The molecule has 1 rings (SSSR count). The third kappa shape index (κ3) is 7.51. The maximum absolute atomic E-state index is 5.67. The molecule has 3 nitrogen and oxygen atoms in total. The van der Waals surface area contributed by atoms with Crippen molar-refractivity contribution in [2.75, 3.05) is 26.7 Å². The van der Waals surface area contributed by atoms with Crippen LogP contribution in [0.1, 0.15) is 39.7 Å². The van der Waals surface area contributed by atoms with Crippen molar-refractivity contribution in [3.63, 3.8) is 0 Å². The standard InChI is InChI=1S/C17H30N2O/c1-6-12-20-16-9-7-8-15(13-16)14-19(5)11-10-18-17(2,3)4/h7-9,13,18H,6,10-12,14H2,1-5H3. The summed E-state index contributed by atoms with van der Waals surface area (Å²) in [7, 11) is 2.16. The molecule has 0 heterocycles. The lowest BCUT2D eigenvalue weighted by Gasteiger charge is -2.23. The van der Waals surface area contributed by atoms with Crippen LogP contribution in [-0.2, 0) is 6.54 Å². The Labute approximate surface area is 124 Å². The molecular weight excluding hydrogens is 248 g/mol. The molecule has 0 bridgehead atoms. The first-order valence-corrected chi connectivity index (χ1v) is 7.56. The summed E-state index contributed by atoms with van der Waals surface area (Å²) in [6, 6.07) is 8.40. The Kier molecular flexibility index (Phi) is 7.03. The molecule has 0 aliphatic carbocycles. The molecule has 0 fully saturated rings. The molecule has 1 aromatic rings. The fourth-order valence-electron chi connectivity index (χ4n) is 1.97. The summed E-state index contributed by atoms with van der Waals surface area (Å²) < 4.78 is 5.67. The van der Waals surface area contributed by atoms with Crippen molar-refractivity contribution in [2.24, 2.45) is 0 Å². The quantitative estimate of drug-likeness (QED) is 0.789. The fourth-order valence-corrected chi connectivity index (χ4v) is 1.97. The van der Waals surface area contributed by atoms with Crippen molar-refractivity contribution >= 4 is 0 Å². The number of hydrogen-bond acceptors (Lipinski definition) is 3. The van der Waals surface area contributed by atoms with Gasteiger partial charge < -0.3 is 15.0 Å². The van der Waals surface area contributed by atoms with Crippen LogP contribution in [0, 0.1) is 0 Å². The molecule has 0 unspecified atom stereocenters. The van der Waals surface area contributed by atoms with Gasteiger partial charge in [0.1, 0.15) is 5.75 Å². The second-order valence-corrected chi connectivity index (χ2v) is 6.41. The molecule has 0 aliphatic rings. The normalized spacial score (nSPS) is 11.9. The molecule has 0 saturated heterocycles. The van der Waals surface area contributed by atoms with Crippen molar-refractivity contribution in [1.82, 2.24) is 10.2 Å². The molecule has 20 heavy (non-hydrogen) atoms. The summed E-state index contributed by atoms with van der Waals surface area (Å²) in [6.07, 6.45) is 1.04. The van der Waals surface area contributed by atoms with Crippen LogP contribution in [-0.4, -0.2) is 37.2 Å². The first kappa shape index (κ1) is 17.0. The molecule has 3 heteroatoms. The van der Waals surface area contributed by atoms with E-state index in [0.29, 0.717) is 0 Å². The van der Waals surface area contributed by atoms with Crippen LogP contribution in [0.5, 0.6) is 5.75 Å². The third-order valence-corrected chi connectivity index (χ3v) is 2.97. The van der Waals surface area contributed by atoms with Crippen LogP contribution in [0.15, 0.2) is 24.3 Å². The summed E-state index contributed by atoms with van der Waals surface area (Å²) in [6.45, 7) is 12.5. The van der Waals surface area contributed by atoms with Gasteiger partial charge in [0.2, 0.25) is 0 Å². The second kappa shape index (κ2) is 8.28. The van der Waals surface area contributed by atoms with Gasteiger partial charge in [-0.05, 0) is 51.9 Å². The van der Waals surface area contributed by atoms with E-state index in [1.165, 1.54) is 5.56 Å². The second-order valence-electron chi connectivity index (χ2n) is 6.41. The van der Waals surface area contributed by atoms with E-state index < -0.39 is 0 Å². The smallest absolute Gasteiger partial charge is 0.119 e. The monoisotopic (exact) mass is 278 g/mol. The molecule has 0 amide bonds. The van der Waals surface area contributed by atoms with E-state index in [-0.39, 0.29) is 5.54 Å². The highest BCUT2D eigenvalue weighted by atomic mass is 16.5. The summed E-state index contributed by atoms with van der Waals surface area (Å²) in [5.41, 5.74) is 1.49. The zero-order valence-electron chi connectivity index (χ0n) is 13.7. The van der Waals surface area contributed by atoms with Gasteiger partial charge in [0, 0.05) is 25.2 Å². The van der Waals surface area contributed by atoms with E-state index in [1.807, 2.05) is 6.07 Å². The van der Waals surface area contributed by atoms with Gasteiger partial charge in [-0.25, -0.2) is 0 Å². The van der Waals surface area contributed by atoms with E-state index in [1.54, 1.807) is 0 Å². The molecule has 114 valence electrons. The van der Waals surface area contributed by atoms with Gasteiger partial charge in [0.15, 0.2) is 0 Å². The molecule has 0 saturated carbocycles. The minimum Gasteiger partial charge on any atom is -0.494 e. The average Bonchev–Trinajstić information content (AvgIpc) is 2.35. The number of rotatable bonds is 8. The van der Waals surface area contributed by atoms with Crippen molar-refractivity contribution in [3.8, 4) is 5.75 Å². The lowest BCUT2D eigenvalue weighted by atomic mass is 10.1.